The second-order valence-electron chi connectivity index (χ2n) is 15.0. The molecule has 12 heteroatoms. The Balaban J connectivity index is 1.15. The molecule has 4 atom stereocenters. The average molecular weight is 791 g/mol. The Morgan fingerprint density at radius 2 is 1.56 bits per heavy atom. The molecule has 0 bridgehead atoms. The van der Waals surface area contributed by atoms with E-state index in [9.17, 15) is 32.8 Å². The topological polar surface area (TPSA) is 139 Å². The maximum atomic E-state index is 14.7. The summed E-state index contributed by atoms with van der Waals surface area (Å²) in [5.74, 6) is -5.73. The zero-order chi connectivity index (χ0) is 40.3. The lowest BCUT2D eigenvalue weighted by Gasteiger charge is -2.42. The molecule has 3 heterocycles. The summed E-state index contributed by atoms with van der Waals surface area (Å²) >= 11 is 1.14. The van der Waals surface area contributed by atoms with Crippen LogP contribution in [0.2, 0.25) is 0 Å². The lowest BCUT2D eigenvalue weighted by molar-refractivity contribution is -0.147. The Hall–Kier alpha value is -5.75. The highest BCUT2D eigenvalue weighted by atomic mass is 32.1. The van der Waals surface area contributed by atoms with Crippen molar-refractivity contribution in [3.8, 4) is 0 Å². The monoisotopic (exact) mass is 790 g/mol. The van der Waals surface area contributed by atoms with E-state index in [-0.39, 0.29) is 47.8 Å². The van der Waals surface area contributed by atoms with Crippen molar-refractivity contribution < 1.29 is 32.8 Å². The SMILES string of the molecule is CC(F)(F)c1ccc2sc(C(=O)N[C@H]3Cc4ccccc4[C@H]4CCC[C@@H](C(=O)N[C@@H](CCC(N)=O)C(=O)CC(c5ccccc5)c5ccccc5)N4C3=O)cc2c1. The minimum absolute atomic E-state index is 0.00558. The first-order chi connectivity index (χ1) is 27.4. The van der Waals surface area contributed by atoms with Crippen molar-refractivity contribution in [2.75, 3.05) is 0 Å². The lowest BCUT2D eigenvalue weighted by atomic mass is 9.85. The van der Waals surface area contributed by atoms with E-state index in [1.807, 2.05) is 84.9 Å². The summed E-state index contributed by atoms with van der Waals surface area (Å²) in [4.78, 5) is 70.9. The van der Waals surface area contributed by atoms with E-state index in [1.165, 1.54) is 12.1 Å². The predicted molar refractivity (Wildman–Crippen MR) is 215 cm³/mol. The van der Waals surface area contributed by atoms with Crippen LogP contribution in [0.5, 0.6) is 0 Å². The number of nitrogens with zero attached hydrogens (tertiary/aromatic N) is 1. The maximum Gasteiger partial charge on any atom is 0.270 e. The number of carbonyl (C=O) groups is 5. The predicted octanol–water partition coefficient (Wildman–Crippen LogP) is 7.33. The molecule has 4 aromatic carbocycles. The van der Waals surface area contributed by atoms with Gasteiger partial charge in [0.05, 0.1) is 17.0 Å². The summed E-state index contributed by atoms with van der Waals surface area (Å²) in [6.07, 6.45) is 1.64. The number of primary amides is 1. The first-order valence-electron chi connectivity index (χ1n) is 19.2. The van der Waals surface area contributed by atoms with Crippen molar-refractivity contribution in [2.45, 2.75) is 87.9 Å². The Kier molecular flexibility index (Phi) is 11.6. The van der Waals surface area contributed by atoms with E-state index >= 15 is 0 Å². The van der Waals surface area contributed by atoms with E-state index in [1.54, 1.807) is 17.0 Å². The minimum Gasteiger partial charge on any atom is -0.370 e. The number of halogens is 2. The van der Waals surface area contributed by atoms with Gasteiger partial charge < -0.3 is 21.3 Å². The first-order valence-corrected chi connectivity index (χ1v) is 20.0. The van der Waals surface area contributed by atoms with E-state index in [0.717, 1.165) is 40.5 Å². The molecule has 0 spiro atoms. The molecule has 4 N–H and O–H groups in total. The Labute approximate surface area is 333 Å². The molecule has 2 aliphatic rings. The van der Waals surface area contributed by atoms with Gasteiger partial charge in [-0.25, -0.2) is 8.78 Å². The van der Waals surface area contributed by atoms with E-state index in [0.29, 0.717) is 29.3 Å². The van der Waals surface area contributed by atoms with Crippen molar-refractivity contribution in [2.24, 2.45) is 5.73 Å². The zero-order valence-corrected chi connectivity index (χ0v) is 32.3. The van der Waals surface area contributed by atoms with Gasteiger partial charge in [0.2, 0.25) is 17.7 Å². The molecule has 1 fully saturated rings. The Morgan fingerprint density at radius 3 is 2.23 bits per heavy atom. The number of thiophene rings is 1. The number of fused-ring (bicyclic) bond motifs is 4. The second-order valence-corrected chi connectivity index (χ2v) is 16.1. The van der Waals surface area contributed by atoms with E-state index in [2.05, 4.69) is 10.6 Å². The highest BCUT2D eigenvalue weighted by Gasteiger charge is 2.45. The fourth-order valence-corrected chi connectivity index (χ4v) is 9.13. The van der Waals surface area contributed by atoms with Crippen LogP contribution in [-0.2, 0) is 31.5 Å². The number of amides is 4. The number of nitrogens with one attached hydrogen (secondary N) is 2. The van der Waals surface area contributed by atoms with Gasteiger partial charge in [0.15, 0.2) is 5.78 Å². The molecule has 5 aromatic rings. The summed E-state index contributed by atoms with van der Waals surface area (Å²) < 4.78 is 28.8. The van der Waals surface area contributed by atoms with Crippen molar-refractivity contribution in [3.63, 3.8) is 0 Å². The largest absolute Gasteiger partial charge is 0.370 e. The van der Waals surface area contributed by atoms with Crippen molar-refractivity contribution >= 4 is 50.8 Å². The third-order valence-electron chi connectivity index (χ3n) is 11.1. The van der Waals surface area contributed by atoms with Crippen LogP contribution >= 0.6 is 11.3 Å². The van der Waals surface area contributed by atoms with Gasteiger partial charge in [-0.3, -0.25) is 24.0 Å². The van der Waals surface area contributed by atoms with Crippen LogP contribution in [0.15, 0.2) is 109 Å². The van der Waals surface area contributed by atoms with Crippen molar-refractivity contribution in [3.05, 3.63) is 142 Å². The number of rotatable bonds is 13. The molecule has 0 aliphatic carbocycles. The van der Waals surface area contributed by atoms with Crippen LogP contribution in [0.4, 0.5) is 8.78 Å². The zero-order valence-electron chi connectivity index (χ0n) is 31.5. The fourth-order valence-electron chi connectivity index (χ4n) is 8.18. The van der Waals surface area contributed by atoms with Gasteiger partial charge in [-0.15, -0.1) is 11.3 Å². The third kappa shape index (κ3) is 8.81. The van der Waals surface area contributed by atoms with Crippen LogP contribution in [0.3, 0.4) is 0 Å². The smallest absolute Gasteiger partial charge is 0.270 e. The number of ketones is 1. The number of hydrogen-bond donors (Lipinski definition) is 3. The van der Waals surface area contributed by atoms with Crippen LogP contribution in [-0.4, -0.2) is 52.4 Å². The molecule has 0 radical (unpaired) electrons. The molecule has 4 amide bonds. The molecule has 57 heavy (non-hydrogen) atoms. The van der Waals surface area contributed by atoms with Crippen LogP contribution in [0.25, 0.3) is 10.1 Å². The molecular weight excluding hydrogens is 747 g/mol. The van der Waals surface area contributed by atoms with E-state index < -0.39 is 53.7 Å². The molecule has 2 aliphatic heterocycles. The molecule has 0 unspecified atom stereocenters. The number of carbonyl (C=O) groups excluding carboxylic acids is 5. The summed E-state index contributed by atoms with van der Waals surface area (Å²) in [7, 11) is 0. The third-order valence-corrected chi connectivity index (χ3v) is 12.2. The number of nitrogens with two attached hydrogens (primary N) is 1. The van der Waals surface area contributed by atoms with Crippen LogP contribution in [0, 0.1) is 0 Å². The van der Waals surface area contributed by atoms with Crippen LogP contribution in [0.1, 0.15) is 94.9 Å². The molecule has 0 saturated carbocycles. The van der Waals surface area contributed by atoms with Gasteiger partial charge in [0, 0.05) is 42.4 Å². The van der Waals surface area contributed by atoms with Gasteiger partial charge in [0.25, 0.3) is 11.8 Å². The highest BCUT2D eigenvalue weighted by Crippen LogP contribution is 2.40. The number of hydrogen-bond acceptors (Lipinski definition) is 6. The summed E-state index contributed by atoms with van der Waals surface area (Å²) in [5.41, 5.74) is 8.96. The molecule has 9 nitrogen and oxygen atoms in total. The Morgan fingerprint density at radius 1 is 0.895 bits per heavy atom. The fraction of sp³-hybridized carbons (Fsp3) is 0.311. The minimum atomic E-state index is -3.05. The highest BCUT2D eigenvalue weighted by molar-refractivity contribution is 7.20. The van der Waals surface area contributed by atoms with Gasteiger partial charge in [-0.1, -0.05) is 91.0 Å². The standard InChI is InChI=1S/C45H44F2N4O5S/c1-45(46,47)31-19-21-39-30(23-31)25-40(57-39)43(55)50-35-24-29-15-8-9-16-32(29)36-17-10-18-37(51(36)44(35)56)42(54)49-34(20-22-41(48)53)38(52)26-33(27-11-4-2-5-12-27)28-13-6-3-7-14-28/h2-9,11-16,19,21,23,25,33-37H,10,17-18,20,22,24,26H2,1H3,(H2,48,53)(H,49,54)(H,50,55)/t34-,35-,36+,37-/m0/s1. The van der Waals surface area contributed by atoms with Crippen LogP contribution < -0.4 is 16.4 Å². The number of Topliss-reactive ketones (excluding diaryl/α,β-unsaturated/α-hetero) is 1. The number of alkyl halides is 2. The lowest BCUT2D eigenvalue weighted by Crippen LogP contribution is -2.59. The first kappa shape index (κ1) is 39.5. The summed E-state index contributed by atoms with van der Waals surface area (Å²) in [5, 5.41) is 6.33. The van der Waals surface area contributed by atoms with Gasteiger partial charge in [-0.2, -0.15) is 0 Å². The summed E-state index contributed by atoms with van der Waals surface area (Å²) in [6.45, 7) is 0.817. The summed E-state index contributed by atoms with van der Waals surface area (Å²) in [6, 6.07) is 29.1. The average Bonchev–Trinajstić information content (AvgIpc) is 3.60. The molecule has 7 rings (SSSR count). The van der Waals surface area contributed by atoms with Gasteiger partial charge >= 0.3 is 0 Å². The Bertz CT molecular complexity index is 2250. The normalized spacial score (nSPS) is 18.6. The van der Waals surface area contributed by atoms with Crippen molar-refractivity contribution in [1.82, 2.24) is 15.5 Å². The van der Waals surface area contributed by atoms with Gasteiger partial charge in [-0.05, 0) is 71.5 Å². The molecule has 1 aromatic heterocycles. The molecule has 1 saturated heterocycles. The number of piperidine rings is 1. The number of benzene rings is 4. The van der Waals surface area contributed by atoms with E-state index in [4.69, 9.17) is 5.73 Å². The van der Waals surface area contributed by atoms with Crippen molar-refractivity contribution in [1.29, 1.82) is 0 Å². The molecular formula is C45H44F2N4O5S. The quantitative estimate of drug-likeness (QED) is 0.115. The second kappa shape index (κ2) is 16.8. The molecule has 294 valence electrons. The maximum absolute atomic E-state index is 14.7. The van der Waals surface area contributed by atoms with Gasteiger partial charge in [0.1, 0.15) is 12.1 Å².